The van der Waals surface area contributed by atoms with Crippen LogP contribution in [0.1, 0.15) is 74.7 Å². The van der Waals surface area contributed by atoms with E-state index in [1.165, 1.54) is 6.92 Å². The molecule has 0 aliphatic carbocycles. The first-order valence-electron chi connectivity index (χ1n) is 16.4. The predicted molar refractivity (Wildman–Crippen MR) is 171 cm³/mol. The molecule has 3 heterocycles. The molecule has 3 fully saturated rings. The van der Waals surface area contributed by atoms with Crippen LogP contribution in [0.15, 0.2) is 17.1 Å². The summed E-state index contributed by atoms with van der Waals surface area (Å²) in [5.41, 5.74) is -1.34. The summed E-state index contributed by atoms with van der Waals surface area (Å²) in [4.78, 5) is 34.3. The van der Waals surface area contributed by atoms with Crippen LogP contribution in [0.2, 0.25) is 0 Å². The maximum atomic E-state index is 14.1. The molecule has 45 heavy (non-hydrogen) atoms. The van der Waals surface area contributed by atoms with Crippen molar-refractivity contribution in [1.82, 2.24) is 4.90 Å². The summed E-state index contributed by atoms with van der Waals surface area (Å²) in [6.07, 6.45) is -3.69. The molecular formula is C34H58N2O9. The van der Waals surface area contributed by atoms with Crippen LogP contribution in [0.4, 0.5) is 0 Å². The normalized spacial score (nSPS) is 45.5. The number of esters is 1. The van der Waals surface area contributed by atoms with Crippen LogP contribution >= 0.6 is 0 Å². The first-order chi connectivity index (χ1) is 20.9. The number of ether oxygens (including phenoxy) is 5. The fourth-order valence-electron chi connectivity index (χ4n) is 7.62. The minimum absolute atomic E-state index is 0.0832. The van der Waals surface area contributed by atoms with E-state index in [0.29, 0.717) is 24.8 Å². The molecule has 0 amide bonds. The molecule has 0 spiro atoms. The monoisotopic (exact) mass is 638 g/mol. The van der Waals surface area contributed by atoms with Crippen molar-refractivity contribution in [3.8, 4) is 0 Å². The maximum Gasteiger partial charge on any atom is 0.316 e. The molecule has 2 N–H and O–H groups in total. The molecule has 0 aromatic carbocycles. The number of carbonyl (C=O) groups is 2. The number of aliphatic hydroxyl groups excluding tert-OH is 1. The van der Waals surface area contributed by atoms with Gasteiger partial charge in [-0.25, -0.2) is 0 Å². The van der Waals surface area contributed by atoms with Gasteiger partial charge in [-0.05, 0) is 72.5 Å². The standard InChI is InChI=1S/C34H58N2O9/c1-13-25-34(9,40)30-21(5)26(35-10)19(3)15-33(8,42-17-18(2)16-41-30)29(22(6)27(37)23(7)31(39)44-25)45-32-28(38)24(36(11)12)14-20(4)43-32/h19-25,28-30,32,38,40H,2,13-17H2,1,3-12H3/t19?,20-,21?,22+,23-,24+,25-,28?,29?,30?,32+,33-,34-/m1/s1. The molecule has 5 unspecified atom stereocenters. The minimum atomic E-state index is -1.61. The van der Waals surface area contributed by atoms with Crippen molar-refractivity contribution in [3.05, 3.63) is 12.2 Å². The number of hydrogen-bond acceptors (Lipinski definition) is 11. The van der Waals surface area contributed by atoms with Gasteiger partial charge in [-0.2, -0.15) is 0 Å². The Labute approximate surface area is 269 Å². The summed E-state index contributed by atoms with van der Waals surface area (Å²) >= 11 is 0. The summed E-state index contributed by atoms with van der Waals surface area (Å²) < 4.78 is 31.8. The third kappa shape index (κ3) is 8.05. The SMILES string of the molecule is C=C1COC2C(C)C(=NC)C(C)C[C@@](C)(OC1)C(O[C@@H]1O[C@H](C)C[C@H](N(C)C)C1O)[C@@H](C)C(=O)[C@@H](C)C(=O)O[C@H](CC)[C@@]2(C)O. The number of likely N-dealkylation sites (N-methyl/N-ethyl adjacent to an activating group) is 1. The topological polar surface area (TPSA) is 136 Å². The lowest BCUT2D eigenvalue weighted by Crippen LogP contribution is -2.60. The molecule has 3 aliphatic rings. The molecule has 3 saturated heterocycles. The Balaban J connectivity index is 2.23. The summed E-state index contributed by atoms with van der Waals surface area (Å²) in [5.74, 6) is -3.76. The lowest BCUT2D eigenvalue weighted by Gasteiger charge is -2.47. The van der Waals surface area contributed by atoms with Crippen molar-refractivity contribution < 1.29 is 43.5 Å². The van der Waals surface area contributed by atoms with Gasteiger partial charge in [0.2, 0.25) is 0 Å². The average Bonchev–Trinajstić information content (AvgIpc) is 2.98. The predicted octanol–water partition coefficient (Wildman–Crippen LogP) is 3.19. The fraction of sp³-hybridized carbons (Fsp3) is 0.853. The van der Waals surface area contributed by atoms with Gasteiger partial charge in [0.1, 0.15) is 23.7 Å². The maximum absolute atomic E-state index is 14.1. The molecular weight excluding hydrogens is 580 g/mol. The van der Waals surface area contributed by atoms with Gasteiger partial charge in [0, 0.05) is 30.6 Å². The van der Waals surface area contributed by atoms with Gasteiger partial charge >= 0.3 is 5.97 Å². The smallest absolute Gasteiger partial charge is 0.316 e. The van der Waals surface area contributed by atoms with E-state index in [1.807, 2.05) is 53.6 Å². The highest BCUT2D eigenvalue weighted by atomic mass is 16.7. The molecule has 11 nitrogen and oxygen atoms in total. The second-order valence-electron chi connectivity index (χ2n) is 14.2. The number of rotatable bonds is 4. The molecule has 13 atom stereocenters. The van der Waals surface area contributed by atoms with E-state index in [9.17, 15) is 19.8 Å². The number of carbonyl (C=O) groups excluding carboxylic acids is 2. The van der Waals surface area contributed by atoms with Gasteiger partial charge in [0.05, 0.1) is 37.1 Å². The molecule has 0 aromatic rings. The van der Waals surface area contributed by atoms with Crippen LogP contribution in [0.25, 0.3) is 0 Å². The van der Waals surface area contributed by atoms with Crippen LogP contribution < -0.4 is 0 Å². The average molecular weight is 639 g/mol. The van der Waals surface area contributed by atoms with E-state index in [-0.39, 0.29) is 37.2 Å². The Morgan fingerprint density at radius 3 is 2.31 bits per heavy atom. The number of cyclic esters (lactones) is 1. The van der Waals surface area contributed by atoms with E-state index < -0.39 is 65.5 Å². The highest BCUT2D eigenvalue weighted by Gasteiger charge is 2.52. The molecule has 3 rings (SSSR count). The second kappa shape index (κ2) is 15.0. The van der Waals surface area contributed by atoms with Crippen molar-refractivity contribution in [2.24, 2.45) is 28.7 Å². The zero-order chi connectivity index (χ0) is 34.0. The Morgan fingerprint density at radius 1 is 1.09 bits per heavy atom. The van der Waals surface area contributed by atoms with E-state index in [0.717, 1.165) is 5.71 Å². The molecule has 3 aliphatic heterocycles. The van der Waals surface area contributed by atoms with Gasteiger partial charge < -0.3 is 38.8 Å². The van der Waals surface area contributed by atoms with Crippen LogP contribution in [0, 0.1) is 23.7 Å². The first-order valence-corrected chi connectivity index (χ1v) is 16.4. The largest absolute Gasteiger partial charge is 0.459 e. The van der Waals surface area contributed by atoms with E-state index in [4.69, 9.17) is 23.7 Å². The van der Waals surface area contributed by atoms with Gasteiger partial charge in [0.15, 0.2) is 12.1 Å². The van der Waals surface area contributed by atoms with E-state index in [1.54, 1.807) is 20.9 Å². The van der Waals surface area contributed by atoms with Crippen molar-refractivity contribution in [3.63, 3.8) is 0 Å². The number of hydrogen-bond donors (Lipinski definition) is 2. The van der Waals surface area contributed by atoms with Crippen LogP contribution in [0.5, 0.6) is 0 Å². The highest BCUT2D eigenvalue weighted by molar-refractivity contribution is 6.00. The molecule has 0 saturated carbocycles. The third-order valence-electron chi connectivity index (χ3n) is 10.2. The van der Waals surface area contributed by atoms with Crippen LogP contribution in [0.3, 0.4) is 0 Å². The zero-order valence-corrected chi connectivity index (χ0v) is 29.2. The number of Topliss-reactive ketones (excluding diaryl/α,β-unsaturated/α-hetero) is 1. The molecule has 0 aromatic heterocycles. The number of ketones is 1. The van der Waals surface area contributed by atoms with Crippen LogP contribution in [-0.4, -0.2) is 121 Å². The van der Waals surface area contributed by atoms with E-state index >= 15 is 0 Å². The lowest BCUT2D eigenvalue weighted by molar-refractivity contribution is -0.296. The summed E-state index contributed by atoms with van der Waals surface area (Å²) in [5, 5.41) is 23.4. The number of aliphatic imine (C=N–C) groups is 1. The fourth-order valence-corrected chi connectivity index (χ4v) is 7.62. The highest BCUT2D eigenvalue weighted by Crippen LogP contribution is 2.40. The van der Waals surface area contributed by atoms with Crippen molar-refractivity contribution >= 4 is 17.5 Å². The quantitative estimate of drug-likeness (QED) is 0.268. The number of aliphatic hydroxyl groups is 2. The number of fused-ring (bicyclic) bond motifs is 5. The van der Waals surface area contributed by atoms with Crippen molar-refractivity contribution in [2.75, 3.05) is 34.4 Å². The van der Waals surface area contributed by atoms with Crippen molar-refractivity contribution in [2.45, 2.75) is 129 Å². The van der Waals surface area contributed by atoms with Gasteiger partial charge in [-0.1, -0.05) is 34.3 Å². The van der Waals surface area contributed by atoms with Gasteiger partial charge in [-0.3, -0.25) is 14.6 Å². The number of nitrogens with zero attached hydrogens (tertiary/aromatic N) is 2. The Hall–Kier alpha value is -1.73. The molecule has 258 valence electrons. The Kier molecular flexibility index (Phi) is 12.6. The Morgan fingerprint density at radius 2 is 1.73 bits per heavy atom. The summed E-state index contributed by atoms with van der Waals surface area (Å²) in [6.45, 7) is 18.8. The molecule has 2 bridgehead atoms. The lowest BCUT2D eigenvalue weighted by atomic mass is 9.73. The summed E-state index contributed by atoms with van der Waals surface area (Å²) in [7, 11) is 5.51. The first kappa shape index (κ1) is 37.7. The van der Waals surface area contributed by atoms with Crippen molar-refractivity contribution in [1.29, 1.82) is 0 Å². The molecule has 11 heteroatoms. The van der Waals surface area contributed by atoms with E-state index in [2.05, 4.69) is 11.6 Å². The minimum Gasteiger partial charge on any atom is -0.459 e. The summed E-state index contributed by atoms with van der Waals surface area (Å²) in [6, 6.07) is -0.232. The second-order valence-corrected chi connectivity index (χ2v) is 14.2. The third-order valence-corrected chi connectivity index (χ3v) is 10.2. The van der Waals surface area contributed by atoms with Crippen LogP contribution in [-0.2, 0) is 33.3 Å². The molecule has 0 radical (unpaired) electrons. The Bertz CT molecular complexity index is 1090. The zero-order valence-electron chi connectivity index (χ0n) is 29.2. The van der Waals surface area contributed by atoms with Gasteiger partial charge in [0.25, 0.3) is 0 Å². The van der Waals surface area contributed by atoms with Gasteiger partial charge in [-0.15, -0.1) is 0 Å².